The Bertz CT molecular complexity index is 290. The number of hydrogen-bond acceptors (Lipinski definition) is 0. The summed E-state index contributed by atoms with van der Waals surface area (Å²) in [6.07, 6.45) is 0. The molecule has 0 aromatic heterocycles. The molecule has 0 unspecified atom stereocenters. The molecular formula is C11H12. The van der Waals surface area contributed by atoms with E-state index >= 15 is 0 Å². The minimum Gasteiger partial charge on any atom is -0.101 e. The van der Waals surface area contributed by atoms with Crippen LogP contribution in [0.5, 0.6) is 0 Å². The van der Waals surface area contributed by atoms with E-state index in [0.717, 1.165) is 0 Å². The van der Waals surface area contributed by atoms with Gasteiger partial charge in [-0.3, -0.25) is 0 Å². The van der Waals surface area contributed by atoms with Crippen LogP contribution in [0.1, 0.15) is 23.6 Å². The van der Waals surface area contributed by atoms with E-state index < -0.39 is 0 Å². The lowest BCUT2D eigenvalue weighted by molar-refractivity contribution is 1.35. The van der Waals surface area contributed by atoms with Crippen molar-refractivity contribution in [1.82, 2.24) is 0 Å². The molecule has 56 valence electrons. The fourth-order valence-corrected chi connectivity index (χ4v) is 1.14. The lowest BCUT2D eigenvalue weighted by Crippen LogP contribution is -1.85. The first-order chi connectivity index (χ1) is 5.25. The van der Waals surface area contributed by atoms with Crippen LogP contribution in [0, 0.1) is 25.7 Å². The van der Waals surface area contributed by atoms with Gasteiger partial charge in [-0.15, -0.1) is 5.92 Å². The molecule has 0 fully saturated rings. The van der Waals surface area contributed by atoms with Crippen molar-refractivity contribution in [2.45, 2.75) is 20.8 Å². The predicted octanol–water partition coefficient (Wildman–Crippen LogP) is 2.67. The number of rotatable bonds is 0. The molecule has 0 radical (unpaired) electrons. The summed E-state index contributed by atoms with van der Waals surface area (Å²) in [4.78, 5) is 0. The zero-order valence-electron chi connectivity index (χ0n) is 7.23. The molecule has 0 atom stereocenters. The molecule has 0 amide bonds. The fraction of sp³-hybridized carbons (Fsp3) is 0.273. The van der Waals surface area contributed by atoms with Gasteiger partial charge in [0.25, 0.3) is 0 Å². The Kier molecular flexibility index (Phi) is 2.33. The van der Waals surface area contributed by atoms with Crippen molar-refractivity contribution in [2.24, 2.45) is 0 Å². The van der Waals surface area contributed by atoms with Gasteiger partial charge in [0, 0.05) is 5.56 Å². The van der Waals surface area contributed by atoms with Gasteiger partial charge >= 0.3 is 0 Å². The highest BCUT2D eigenvalue weighted by Crippen LogP contribution is 2.10. The molecule has 0 nitrogen and oxygen atoms in total. The summed E-state index contributed by atoms with van der Waals surface area (Å²) in [5, 5.41) is 0. The summed E-state index contributed by atoms with van der Waals surface area (Å²) in [5.41, 5.74) is 3.70. The Balaban J connectivity index is 3.28. The Hall–Kier alpha value is -1.22. The standard InChI is InChI=1S/C11H12/c1-4-6-11-9(2)7-5-8-10(11)3/h5,7-8H,1-3H3. The first kappa shape index (κ1) is 7.88. The van der Waals surface area contributed by atoms with Crippen LogP contribution in [-0.2, 0) is 0 Å². The van der Waals surface area contributed by atoms with Crippen LogP contribution in [-0.4, -0.2) is 0 Å². The van der Waals surface area contributed by atoms with Crippen molar-refractivity contribution in [3.63, 3.8) is 0 Å². The van der Waals surface area contributed by atoms with E-state index in [4.69, 9.17) is 0 Å². The summed E-state index contributed by atoms with van der Waals surface area (Å²) < 4.78 is 0. The molecule has 0 saturated heterocycles. The molecule has 1 rings (SSSR count). The maximum absolute atomic E-state index is 3.09. The average Bonchev–Trinajstić information content (AvgIpc) is 1.97. The molecule has 0 N–H and O–H groups in total. The van der Waals surface area contributed by atoms with Gasteiger partial charge in [0.05, 0.1) is 0 Å². The van der Waals surface area contributed by atoms with Crippen molar-refractivity contribution < 1.29 is 0 Å². The average molecular weight is 144 g/mol. The van der Waals surface area contributed by atoms with Crippen LogP contribution in [0.15, 0.2) is 18.2 Å². The normalized spacial score (nSPS) is 8.64. The summed E-state index contributed by atoms with van der Waals surface area (Å²) >= 11 is 0. The van der Waals surface area contributed by atoms with Crippen molar-refractivity contribution in [2.75, 3.05) is 0 Å². The maximum atomic E-state index is 3.09. The molecule has 0 bridgehead atoms. The van der Waals surface area contributed by atoms with Gasteiger partial charge in [0.15, 0.2) is 0 Å². The largest absolute Gasteiger partial charge is 0.101 e. The van der Waals surface area contributed by atoms with Crippen molar-refractivity contribution in [1.29, 1.82) is 0 Å². The smallest absolute Gasteiger partial charge is 0.0303 e. The van der Waals surface area contributed by atoms with Crippen LogP contribution in [0.3, 0.4) is 0 Å². The Morgan fingerprint density at radius 3 is 2.09 bits per heavy atom. The lowest BCUT2D eigenvalue weighted by Gasteiger charge is -2.00. The first-order valence-electron chi connectivity index (χ1n) is 3.74. The van der Waals surface area contributed by atoms with E-state index in [1.807, 2.05) is 6.92 Å². The molecule has 0 heterocycles. The van der Waals surface area contributed by atoms with Crippen LogP contribution in [0.25, 0.3) is 0 Å². The molecule has 1 aromatic rings. The molecule has 0 heteroatoms. The van der Waals surface area contributed by atoms with E-state index in [0.29, 0.717) is 0 Å². The quantitative estimate of drug-likeness (QED) is 0.491. The second-order valence-electron chi connectivity index (χ2n) is 2.64. The second kappa shape index (κ2) is 3.25. The third kappa shape index (κ3) is 1.62. The molecular weight excluding hydrogens is 132 g/mol. The van der Waals surface area contributed by atoms with Gasteiger partial charge in [0.1, 0.15) is 0 Å². The van der Waals surface area contributed by atoms with Crippen LogP contribution < -0.4 is 0 Å². The molecule has 0 aliphatic heterocycles. The summed E-state index contributed by atoms with van der Waals surface area (Å²) in [7, 11) is 0. The third-order valence-electron chi connectivity index (χ3n) is 1.73. The predicted molar refractivity (Wildman–Crippen MR) is 48.5 cm³/mol. The molecule has 0 aliphatic carbocycles. The van der Waals surface area contributed by atoms with Crippen LogP contribution >= 0.6 is 0 Å². The summed E-state index contributed by atoms with van der Waals surface area (Å²) in [6, 6.07) is 6.24. The van der Waals surface area contributed by atoms with Crippen molar-refractivity contribution in [3.8, 4) is 11.8 Å². The molecule has 0 saturated carbocycles. The van der Waals surface area contributed by atoms with Gasteiger partial charge in [-0.1, -0.05) is 24.1 Å². The van der Waals surface area contributed by atoms with E-state index in [-0.39, 0.29) is 0 Å². The Labute approximate surface area is 68.3 Å². The van der Waals surface area contributed by atoms with Crippen molar-refractivity contribution >= 4 is 0 Å². The first-order valence-corrected chi connectivity index (χ1v) is 3.74. The minimum atomic E-state index is 1.18. The summed E-state index contributed by atoms with van der Waals surface area (Å²) in [6.45, 7) is 6.05. The lowest BCUT2D eigenvalue weighted by atomic mass is 10.0. The van der Waals surface area contributed by atoms with E-state index in [9.17, 15) is 0 Å². The zero-order chi connectivity index (χ0) is 8.27. The van der Waals surface area contributed by atoms with E-state index in [1.54, 1.807) is 0 Å². The van der Waals surface area contributed by atoms with Gasteiger partial charge in [-0.25, -0.2) is 0 Å². The summed E-state index contributed by atoms with van der Waals surface area (Å²) in [5.74, 6) is 6.01. The third-order valence-corrected chi connectivity index (χ3v) is 1.73. The molecule has 0 spiro atoms. The van der Waals surface area contributed by atoms with Crippen molar-refractivity contribution in [3.05, 3.63) is 34.9 Å². The Morgan fingerprint density at radius 2 is 1.64 bits per heavy atom. The molecule has 0 aliphatic rings. The number of benzene rings is 1. The molecule has 11 heavy (non-hydrogen) atoms. The number of hydrogen-bond donors (Lipinski definition) is 0. The Morgan fingerprint density at radius 1 is 1.09 bits per heavy atom. The topological polar surface area (TPSA) is 0 Å². The highest BCUT2D eigenvalue weighted by molar-refractivity contribution is 5.45. The highest BCUT2D eigenvalue weighted by atomic mass is 14.0. The maximum Gasteiger partial charge on any atom is 0.0303 e. The van der Waals surface area contributed by atoms with Gasteiger partial charge in [-0.05, 0) is 31.9 Å². The van der Waals surface area contributed by atoms with E-state index in [1.165, 1.54) is 16.7 Å². The highest BCUT2D eigenvalue weighted by Gasteiger charge is 1.95. The fourth-order valence-electron chi connectivity index (χ4n) is 1.14. The monoisotopic (exact) mass is 144 g/mol. The number of aryl methyl sites for hydroxylation is 2. The van der Waals surface area contributed by atoms with Gasteiger partial charge < -0.3 is 0 Å². The zero-order valence-corrected chi connectivity index (χ0v) is 7.23. The second-order valence-corrected chi connectivity index (χ2v) is 2.64. The minimum absolute atomic E-state index is 1.18. The molecule has 1 aromatic carbocycles. The van der Waals surface area contributed by atoms with Gasteiger partial charge in [-0.2, -0.15) is 0 Å². The van der Waals surface area contributed by atoms with Gasteiger partial charge in [0.2, 0.25) is 0 Å². The van der Waals surface area contributed by atoms with E-state index in [2.05, 4.69) is 43.9 Å². The SMILES string of the molecule is CC#Cc1c(C)cccc1C. The van der Waals surface area contributed by atoms with Crippen LogP contribution in [0.4, 0.5) is 0 Å². The van der Waals surface area contributed by atoms with Crippen LogP contribution in [0.2, 0.25) is 0 Å².